The van der Waals surface area contributed by atoms with Crippen LogP contribution in [0.2, 0.25) is 0 Å². The molecule has 2 N–H and O–H groups in total. The third-order valence-electron chi connectivity index (χ3n) is 4.17. The fourth-order valence-corrected chi connectivity index (χ4v) is 2.80. The van der Waals surface area contributed by atoms with Crippen molar-refractivity contribution in [3.8, 4) is 0 Å². The van der Waals surface area contributed by atoms with Crippen molar-refractivity contribution < 1.29 is 19.1 Å². The minimum atomic E-state index is -0.665. The van der Waals surface area contributed by atoms with E-state index >= 15 is 0 Å². The molecule has 0 aliphatic heterocycles. The lowest BCUT2D eigenvalue weighted by molar-refractivity contribution is -0.143. The Morgan fingerprint density at radius 1 is 1.22 bits per heavy atom. The summed E-state index contributed by atoms with van der Waals surface area (Å²) in [6.45, 7) is 1.93. The van der Waals surface area contributed by atoms with E-state index in [1.807, 2.05) is 31.2 Å². The molecule has 27 heavy (non-hydrogen) atoms. The second-order valence-electron chi connectivity index (χ2n) is 6.52. The Morgan fingerprint density at radius 2 is 2.07 bits per heavy atom. The maximum atomic E-state index is 11.7. The van der Waals surface area contributed by atoms with E-state index in [4.69, 9.17) is 4.74 Å². The van der Waals surface area contributed by atoms with Gasteiger partial charge in [0.1, 0.15) is 0 Å². The van der Waals surface area contributed by atoms with Crippen LogP contribution in [-0.4, -0.2) is 31.1 Å². The molecule has 0 atom stereocenters. The molecule has 0 bridgehead atoms. The summed E-state index contributed by atoms with van der Waals surface area (Å²) in [6, 6.07) is 7.04. The van der Waals surface area contributed by atoms with Gasteiger partial charge in [-0.2, -0.15) is 0 Å². The zero-order chi connectivity index (χ0) is 19.5. The molecule has 0 unspecified atom stereocenters. The highest BCUT2D eigenvalue weighted by molar-refractivity contribution is 5.96. The van der Waals surface area contributed by atoms with Crippen molar-refractivity contribution >= 4 is 24.0 Å². The van der Waals surface area contributed by atoms with Gasteiger partial charge in [-0.05, 0) is 50.7 Å². The smallest absolute Gasteiger partial charge is 0.331 e. The number of rotatable bonds is 7. The number of amides is 3. The van der Waals surface area contributed by atoms with Gasteiger partial charge in [-0.1, -0.05) is 41.5 Å². The first-order valence-electron chi connectivity index (χ1n) is 9.20. The van der Waals surface area contributed by atoms with Crippen LogP contribution >= 0.6 is 0 Å². The third kappa shape index (κ3) is 8.35. The summed E-state index contributed by atoms with van der Waals surface area (Å²) in [5.41, 5.74) is 3.29. The van der Waals surface area contributed by atoms with Crippen molar-refractivity contribution in [2.75, 3.05) is 13.2 Å². The van der Waals surface area contributed by atoms with Crippen molar-refractivity contribution in [2.24, 2.45) is 0 Å². The van der Waals surface area contributed by atoms with Gasteiger partial charge in [0.2, 0.25) is 0 Å². The van der Waals surface area contributed by atoms with Crippen LogP contribution in [0.5, 0.6) is 0 Å². The molecule has 1 aromatic carbocycles. The Labute approximate surface area is 159 Å². The Morgan fingerprint density at radius 3 is 2.81 bits per heavy atom. The summed E-state index contributed by atoms with van der Waals surface area (Å²) in [6.07, 6.45) is 10.5. The summed E-state index contributed by atoms with van der Waals surface area (Å²) < 4.78 is 4.83. The van der Waals surface area contributed by atoms with Gasteiger partial charge in [0.25, 0.3) is 5.91 Å². The van der Waals surface area contributed by atoms with E-state index in [1.54, 1.807) is 6.08 Å². The number of esters is 1. The summed E-state index contributed by atoms with van der Waals surface area (Å²) in [4.78, 5) is 35.0. The van der Waals surface area contributed by atoms with Gasteiger partial charge in [-0.25, -0.2) is 9.59 Å². The van der Waals surface area contributed by atoms with Crippen LogP contribution in [-0.2, 0) is 14.3 Å². The van der Waals surface area contributed by atoms with Gasteiger partial charge in [-0.3, -0.25) is 10.1 Å². The summed E-state index contributed by atoms with van der Waals surface area (Å²) >= 11 is 0. The van der Waals surface area contributed by atoms with Crippen LogP contribution in [0.25, 0.3) is 6.08 Å². The van der Waals surface area contributed by atoms with E-state index in [0.717, 1.165) is 30.4 Å². The molecule has 0 spiro atoms. The fraction of sp³-hybridized carbons (Fsp3) is 0.381. The number of carbonyl (C=O) groups excluding carboxylic acids is 3. The number of aryl methyl sites for hydroxylation is 1. The lowest BCUT2D eigenvalue weighted by Crippen LogP contribution is -2.41. The first-order chi connectivity index (χ1) is 13.0. The molecular formula is C21H26N2O4. The number of nitrogens with one attached hydrogen (secondary N) is 2. The van der Waals surface area contributed by atoms with Crippen LogP contribution in [0.3, 0.4) is 0 Å². The van der Waals surface area contributed by atoms with Gasteiger partial charge >= 0.3 is 12.0 Å². The molecule has 1 aromatic rings. The summed E-state index contributed by atoms with van der Waals surface area (Å²) in [5, 5.41) is 4.78. The first kappa shape index (κ1) is 20.4. The average Bonchev–Trinajstić information content (AvgIpc) is 2.65. The summed E-state index contributed by atoms with van der Waals surface area (Å²) in [7, 11) is 0. The molecule has 0 heterocycles. The Kier molecular flexibility index (Phi) is 8.29. The molecule has 0 fully saturated rings. The summed E-state index contributed by atoms with van der Waals surface area (Å²) in [5.74, 6) is -1.31. The largest absolute Gasteiger partial charge is 0.452 e. The number of carbonyl (C=O) groups is 3. The van der Waals surface area contributed by atoms with E-state index in [9.17, 15) is 14.4 Å². The van der Waals surface area contributed by atoms with E-state index in [-0.39, 0.29) is 0 Å². The second-order valence-corrected chi connectivity index (χ2v) is 6.52. The third-order valence-corrected chi connectivity index (χ3v) is 4.17. The highest BCUT2D eigenvalue weighted by atomic mass is 16.5. The first-order valence-corrected chi connectivity index (χ1v) is 9.20. The molecule has 144 valence electrons. The highest BCUT2D eigenvalue weighted by Crippen LogP contribution is 2.19. The van der Waals surface area contributed by atoms with E-state index in [2.05, 4.69) is 16.7 Å². The molecule has 3 amide bonds. The average molecular weight is 370 g/mol. The lowest BCUT2D eigenvalue weighted by Gasteiger charge is -2.13. The molecule has 2 rings (SSSR count). The van der Waals surface area contributed by atoms with Crippen molar-refractivity contribution in [2.45, 2.75) is 39.0 Å². The number of hydrogen-bond acceptors (Lipinski definition) is 4. The Bertz CT molecular complexity index is 737. The van der Waals surface area contributed by atoms with Crippen LogP contribution in [0, 0.1) is 6.92 Å². The molecule has 6 nitrogen and oxygen atoms in total. The van der Waals surface area contributed by atoms with Crippen LogP contribution in [0.15, 0.2) is 42.0 Å². The van der Waals surface area contributed by atoms with Crippen molar-refractivity contribution in [3.05, 3.63) is 53.1 Å². The van der Waals surface area contributed by atoms with Gasteiger partial charge < -0.3 is 10.1 Å². The molecule has 0 aromatic heterocycles. The van der Waals surface area contributed by atoms with E-state index < -0.39 is 24.5 Å². The Hall–Kier alpha value is -2.89. The standard InChI is InChI=1S/C21H26N2O4/c1-16-6-5-9-18(14-16)10-11-20(25)27-15-19(24)23-21(26)22-13-12-17-7-3-2-4-8-17/h5-7,9-11,14H,2-4,8,12-13,15H2,1H3,(H2,22,23,24,26)/b11-10+. The van der Waals surface area contributed by atoms with E-state index in [1.165, 1.54) is 24.5 Å². The van der Waals surface area contributed by atoms with Gasteiger partial charge in [0.15, 0.2) is 6.61 Å². The molecule has 1 aliphatic rings. The zero-order valence-electron chi connectivity index (χ0n) is 15.6. The van der Waals surface area contributed by atoms with Gasteiger partial charge in [-0.15, -0.1) is 0 Å². The maximum absolute atomic E-state index is 11.7. The number of hydrogen-bond donors (Lipinski definition) is 2. The predicted molar refractivity (Wildman–Crippen MR) is 104 cm³/mol. The normalized spacial score (nSPS) is 13.7. The molecule has 1 aliphatic carbocycles. The molecule has 0 saturated heterocycles. The lowest BCUT2D eigenvalue weighted by atomic mass is 9.97. The molecule has 0 saturated carbocycles. The SMILES string of the molecule is Cc1cccc(/C=C/C(=O)OCC(=O)NC(=O)NCCC2=CCCCC2)c1. The maximum Gasteiger partial charge on any atom is 0.331 e. The molecule has 6 heteroatoms. The zero-order valence-corrected chi connectivity index (χ0v) is 15.6. The highest BCUT2D eigenvalue weighted by Gasteiger charge is 2.10. The minimum absolute atomic E-state index is 0.476. The van der Waals surface area contributed by atoms with Crippen molar-refractivity contribution in [1.82, 2.24) is 10.6 Å². The number of ether oxygens (including phenoxy) is 1. The van der Waals surface area contributed by atoms with Gasteiger partial charge in [0, 0.05) is 12.6 Å². The van der Waals surface area contributed by atoms with Crippen LogP contribution in [0.1, 0.15) is 43.2 Å². The quantitative estimate of drug-likeness (QED) is 0.438. The van der Waals surface area contributed by atoms with Crippen molar-refractivity contribution in [1.29, 1.82) is 0 Å². The number of allylic oxidation sites excluding steroid dienone is 1. The van der Waals surface area contributed by atoms with Crippen molar-refractivity contribution in [3.63, 3.8) is 0 Å². The molecule has 0 radical (unpaired) electrons. The number of urea groups is 1. The fourth-order valence-electron chi connectivity index (χ4n) is 2.80. The Balaban J connectivity index is 1.62. The predicted octanol–water partition coefficient (Wildman–Crippen LogP) is 3.27. The second kappa shape index (κ2) is 11.0. The van der Waals surface area contributed by atoms with E-state index in [0.29, 0.717) is 6.54 Å². The minimum Gasteiger partial charge on any atom is -0.452 e. The van der Waals surface area contributed by atoms with Crippen LogP contribution in [0.4, 0.5) is 4.79 Å². The topological polar surface area (TPSA) is 84.5 Å². The monoisotopic (exact) mass is 370 g/mol. The number of benzene rings is 1. The molecular weight excluding hydrogens is 344 g/mol. The van der Waals surface area contributed by atoms with Crippen LogP contribution < -0.4 is 10.6 Å². The van der Waals surface area contributed by atoms with Gasteiger partial charge in [0.05, 0.1) is 0 Å². The number of imide groups is 1.